The summed E-state index contributed by atoms with van der Waals surface area (Å²) in [7, 11) is 5.87. The third kappa shape index (κ3) is 3.46. The summed E-state index contributed by atoms with van der Waals surface area (Å²) in [5.41, 5.74) is 0.0868. The number of aryl methyl sites for hydroxylation is 2. The lowest BCUT2D eigenvalue weighted by Gasteiger charge is -2.10. The molecule has 0 fully saturated rings. The van der Waals surface area contributed by atoms with Gasteiger partial charge in [-0.25, -0.2) is 19.6 Å². The maximum atomic E-state index is 12.5. The SMILES string of the molecule is COc1ccc(-n2c(O)c(/C=N/Nc3nc4c(c(=O)n(C)c(=O)n4C)n3C)c(=O)[nH]c2=O)cc1. The number of hydrazone groups is 1. The molecule has 0 bridgehead atoms. The summed E-state index contributed by atoms with van der Waals surface area (Å²) in [6.45, 7) is 0. The second kappa shape index (κ2) is 8.23. The van der Waals surface area contributed by atoms with Gasteiger partial charge in [0.05, 0.1) is 19.0 Å². The number of rotatable bonds is 5. The summed E-state index contributed by atoms with van der Waals surface area (Å²) >= 11 is 0. The van der Waals surface area contributed by atoms with Crippen molar-refractivity contribution in [2.45, 2.75) is 0 Å². The van der Waals surface area contributed by atoms with Gasteiger partial charge in [-0.2, -0.15) is 10.1 Å². The number of aromatic amines is 1. The highest BCUT2D eigenvalue weighted by molar-refractivity contribution is 5.83. The maximum absolute atomic E-state index is 12.5. The van der Waals surface area contributed by atoms with E-state index in [1.807, 2.05) is 0 Å². The molecule has 14 nitrogen and oxygen atoms in total. The van der Waals surface area contributed by atoms with Crippen LogP contribution in [0.5, 0.6) is 11.6 Å². The minimum atomic E-state index is -0.862. The zero-order valence-corrected chi connectivity index (χ0v) is 18.6. The molecule has 14 heteroatoms. The van der Waals surface area contributed by atoms with Crippen LogP contribution >= 0.6 is 0 Å². The Labute approximate surface area is 189 Å². The van der Waals surface area contributed by atoms with Gasteiger partial charge in [0.25, 0.3) is 11.1 Å². The minimum Gasteiger partial charge on any atom is -0.497 e. The van der Waals surface area contributed by atoms with Crippen LogP contribution in [0.15, 0.2) is 48.5 Å². The van der Waals surface area contributed by atoms with E-state index in [4.69, 9.17) is 4.74 Å². The molecule has 0 saturated heterocycles. The molecule has 0 spiro atoms. The third-order valence-corrected chi connectivity index (χ3v) is 5.29. The molecular weight excluding hydrogens is 448 g/mol. The number of benzene rings is 1. The molecule has 176 valence electrons. The Morgan fingerprint density at radius 1 is 1.06 bits per heavy atom. The van der Waals surface area contributed by atoms with E-state index in [1.165, 1.54) is 42.5 Å². The first-order valence-corrected chi connectivity index (χ1v) is 9.80. The van der Waals surface area contributed by atoms with E-state index in [0.717, 1.165) is 15.3 Å². The Morgan fingerprint density at radius 3 is 2.38 bits per heavy atom. The second-order valence-corrected chi connectivity index (χ2v) is 7.27. The lowest BCUT2D eigenvalue weighted by Crippen LogP contribution is -2.37. The fraction of sp³-hybridized carbons (Fsp3) is 0.200. The maximum Gasteiger partial charge on any atom is 0.335 e. The molecule has 3 N–H and O–H groups in total. The number of hydrogen-bond donors (Lipinski definition) is 3. The predicted octanol–water partition coefficient (Wildman–Crippen LogP) is -1.03. The number of H-pyrrole nitrogens is 1. The Morgan fingerprint density at radius 2 is 1.74 bits per heavy atom. The average molecular weight is 468 g/mol. The zero-order chi connectivity index (χ0) is 24.7. The van der Waals surface area contributed by atoms with Gasteiger partial charge in [0.1, 0.15) is 11.3 Å². The van der Waals surface area contributed by atoms with Gasteiger partial charge in [0.2, 0.25) is 11.8 Å². The lowest BCUT2D eigenvalue weighted by atomic mass is 10.2. The summed E-state index contributed by atoms with van der Waals surface area (Å²) in [5.74, 6) is 0.0103. The van der Waals surface area contributed by atoms with E-state index in [-0.39, 0.29) is 28.4 Å². The number of methoxy groups -OCH3 is 1. The number of fused-ring (bicyclic) bond motifs is 1. The summed E-state index contributed by atoms with van der Waals surface area (Å²) in [4.78, 5) is 55.5. The third-order valence-electron chi connectivity index (χ3n) is 5.29. The minimum absolute atomic E-state index is 0.101. The second-order valence-electron chi connectivity index (χ2n) is 7.27. The van der Waals surface area contributed by atoms with Gasteiger partial charge in [-0.15, -0.1) is 0 Å². The molecule has 4 rings (SSSR count). The summed E-state index contributed by atoms with van der Waals surface area (Å²) in [6, 6.07) is 6.24. The van der Waals surface area contributed by atoms with Gasteiger partial charge in [0, 0.05) is 21.1 Å². The fourth-order valence-corrected chi connectivity index (χ4v) is 3.40. The Kier molecular flexibility index (Phi) is 5.40. The van der Waals surface area contributed by atoms with E-state index in [0.29, 0.717) is 5.75 Å². The van der Waals surface area contributed by atoms with Crippen molar-refractivity contribution >= 4 is 23.3 Å². The predicted molar refractivity (Wildman–Crippen MR) is 123 cm³/mol. The quantitative estimate of drug-likeness (QED) is 0.247. The van der Waals surface area contributed by atoms with Gasteiger partial charge in [-0.1, -0.05) is 0 Å². The largest absolute Gasteiger partial charge is 0.497 e. The van der Waals surface area contributed by atoms with E-state index >= 15 is 0 Å². The summed E-state index contributed by atoms with van der Waals surface area (Å²) in [5, 5.41) is 14.5. The van der Waals surface area contributed by atoms with Crippen LogP contribution in [0.4, 0.5) is 5.95 Å². The number of hydrogen-bond acceptors (Lipinski definition) is 9. The molecule has 0 atom stereocenters. The molecule has 3 heterocycles. The standard InChI is InChI=1S/C20H20N8O6/c1-25-13-14(26(2)20(33)27(3)17(13)31)22-18(25)24-21-9-12-15(29)23-19(32)28(16(12)30)10-5-7-11(34-4)8-6-10/h5-9,30H,1-4H3,(H,22,24)(H,23,29,32)/b21-9+. The van der Waals surface area contributed by atoms with Crippen LogP contribution in [0, 0.1) is 0 Å². The van der Waals surface area contributed by atoms with Gasteiger partial charge in [0.15, 0.2) is 11.2 Å². The highest BCUT2D eigenvalue weighted by Crippen LogP contribution is 2.19. The van der Waals surface area contributed by atoms with Crippen molar-refractivity contribution in [2.75, 3.05) is 12.5 Å². The lowest BCUT2D eigenvalue weighted by molar-refractivity contribution is 0.414. The molecule has 1 aromatic carbocycles. The van der Waals surface area contributed by atoms with Crippen molar-refractivity contribution < 1.29 is 9.84 Å². The fourth-order valence-electron chi connectivity index (χ4n) is 3.40. The number of anilines is 1. The number of ether oxygens (including phenoxy) is 1. The first-order valence-electron chi connectivity index (χ1n) is 9.80. The molecule has 3 aromatic heterocycles. The monoisotopic (exact) mass is 468 g/mol. The van der Waals surface area contributed by atoms with Crippen LogP contribution in [0.25, 0.3) is 16.9 Å². The molecule has 4 aromatic rings. The molecular formula is C20H20N8O6. The first kappa shape index (κ1) is 22.3. The van der Waals surface area contributed by atoms with Crippen molar-refractivity contribution in [3.63, 3.8) is 0 Å². The van der Waals surface area contributed by atoms with Crippen LogP contribution in [0.1, 0.15) is 5.56 Å². The summed E-state index contributed by atoms with van der Waals surface area (Å²) in [6.07, 6.45) is 1.00. The van der Waals surface area contributed by atoms with Crippen molar-refractivity contribution in [3.05, 3.63) is 71.5 Å². The molecule has 0 unspecified atom stereocenters. The van der Waals surface area contributed by atoms with Gasteiger partial charge in [-0.3, -0.25) is 23.7 Å². The van der Waals surface area contributed by atoms with Gasteiger partial charge in [-0.05, 0) is 24.3 Å². The van der Waals surface area contributed by atoms with Crippen molar-refractivity contribution in [3.8, 4) is 17.3 Å². The van der Waals surface area contributed by atoms with Crippen molar-refractivity contribution in [1.82, 2.24) is 28.2 Å². The first-order chi connectivity index (χ1) is 16.1. The van der Waals surface area contributed by atoms with Gasteiger partial charge >= 0.3 is 11.4 Å². The number of aromatic hydroxyl groups is 1. The summed E-state index contributed by atoms with van der Waals surface area (Å²) < 4.78 is 9.55. The number of aromatic nitrogens is 6. The van der Waals surface area contributed by atoms with Crippen LogP contribution in [-0.2, 0) is 21.1 Å². The molecule has 0 aliphatic heterocycles. The van der Waals surface area contributed by atoms with E-state index < -0.39 is 28.4 Å². The molecule has 0 radical (unpaired) electrons. The van der Waals surface area contributed by atoms with Crippen LogP contribution in [0.2, 0.25) is 0 Å². The van der Waals surface area contributed by atoms with Crippen LogP contribution < -0.4 is 32.7 Å². The molecule has 0 saturated carbocycles. The van der Waals surface area contributed by atoms with Gasteiger partial charge < -0.3 is 14.4 Å². The molecule has 0 amide bonds. The number of nitrogens with one attached hydrogen (secondary N) is 2. The number of imidazole rings is 1. The Balaban J connectivity index is 1.74. The van der Waals surface area contributed by atoms with E-state index in [2.05, 4.69) is 20.5 Å². The highest BCUT2D eigenvalue weighted by Gasteiger charge is 2.17. The van der Waals surface area contributed by atoms with E-state index in [1.54, 1.807) is 19.2 Å². The van der Waals surface area contributed by atoms with Crippen molar-refractivity contribution in [2.24, 2.45) is 26.2 Å². The number of nitrogens with zero attached hydrogens (tertiary/aromatic N) is 6. The smallest absolute Gasteiger partial charge is 0.335 e. The zero-order valence-electron chi connectivity index (χ0n) is 18.6. The molecule has 34 heavy (non-hydrogen) atoms. The highest BCUT2D eigenvalue weighted by atomic mass is 16.5. The Hall–Kier alpha value is -4.88. The Bertz CT molecular complexity index is 1680. The van der Waals surface area contributed by atoms with E-state index in [9.17, 15) is 24.3 Å². The molecule has 0 aliphatic rings. The van der Waals surface area contributed by atoms with Crippen LogP contribution in [0.3, 0.4) is 0 Å². The van der Waals surface area contributed by atoms with Crippen LogP contribution in [-0.4, -0.2) is 46.7 Å². The average Bonchev–Trinajstić information content (AvgIpc) is 3.15. The molecule has 0 aliphatic carbocycles. The normalized spacial score (nSPS) is 11.4. The van der Waals surface area contributed by atoms with Crippen molar-refractivity contribution in [1.29, 1.82) is 0 Å². The topological polar surface area (TPSA) is 171 Å².